The van der Waals surface area contributed by atoms with E-state index < -0.39 is 0 Å². The summed E-state index contributed by atoms with van der Waals surface area (Å²) in [4.78, 5) is 18.0. The lowest BCUT2D eigenvalue weighted by Gasteiger charge is -2.09. The highest BCUT2D eigenvalue weighted by atomic mass is 79.9. The topological polar surface area (TPSA) is 73.0 Å². The van der Waals surface area contributed by atoms with Gasteiger partial charge in [-0.15, -0.1) is 11.3 Å². The maximum atomic E-state index is 12.7. The second kappa shape index (κ2) is 7.50. The van der Waals surface area contributed by atoms with Crippen LogP contribution in [0.15, 0.2) is 63.8 Å². The van der Waals surface area contributed by atoms with Gasteiger partial charge in [-0.1, -0.05) is 28.1 Å². The monoisotopic (exact) mass is 442 g/mol. The number of carbonyl (C=O) groups is 1. The molecule has 27 heavy (non-hydrogen) atoms. The van der Waals surface area contributed by atoms with Crippen molar-refractivity contribution in [2.45, 2.75) is 13.5 Å². The summed E-state index contributed by atoms with van der Waals surface area (Å²) in [7, 11) is 0. The minimum Gasteiger partial charge on any atom is -0.462 e. The average molecular weight is 443 g/mol. The lowest BCUT2D eigenvalue weighted by molar-refractivity contribution is 0.102. The van der Waals surface area contributed by atoms with Crippen LogP contribution in [0.5, 0.6) is 0 Å². The Balaban J connectivity index is 1.52. The molecule has 1 amide bonds. The normalized spacial score (nSPS) is 10.9. The third kappa shape index (κ3) is 3.86. The quantitative estimate of drug-likeness (QED) is 0.473. The van der Waals surface area contributed by atoms with Gasteiger partial charge in [0.2, 0.25) is 0 Å². The smallest absolute Gasteiger partial charge is 0.276 e. The summed E-state index contributed by atoms with van der Waals surface area (Å²) in [6.45, 7) is 2.43. The van der Waals surface area contributed by atoms with E-state index in [9.17, 15) is 4.79 Å². The number of carbonyl (C=O) groups excluding carboxylic acids is 1. The summed E-state index contributed by atoms with van der Waals surface area (Å²) in [6, 6.07) is 13.4. The second-order valence-electron chi connectivity index (χ2n) is 5.86. The molecular formula is C19H15BrN4O2S. The van der Waals surface area contributed by atoms with Crippen molar-refractivity contribution >= 4 is 39.0 Å². The van der Waals surface area contributed by atoms with Crippen molar-refractivity contribution in [3.63, 3.8) is 0 Å². The fourth-order valence-corrected chi connectivity index (χ4v) is 3.76. The first-order valence-corrected chi connectivity index (χ1v) is 9.80. The van der Waals surface area contributed by atoms with Crippen molar-refractivity contribution in [1.29, 1.82) is 0 Å². The standard InChI is InChI=1S/C19H15BrN4O2S/c1-12-17(23-19(27-12)15-3-2-10-26-15)18(25)22-16-8-9-21-24(16)11-13-4-6-14(20)7-5-13/h2-10H,11H2,1H3,(H,22,25). The molecule has 0 atom stereocenters. The molecule has 0 spiro atoms. The zero-order valence-electron chi connectivity index (χ0n) is 14.3. The maximum Gasteiger partial charge on any atom is 0.276 e. The molecular weight excluding hydrogens is 428 g/mol. The molecule has 0 bridgehead atoms. The van der Waals surface area contributed by atoms with Gasteiger partial charge >= 0.3 is 0 Å². The molecule has 0 aliphatic carbocycles. The van der Waals surface area contributed by atoms with Crippen molar-refractivity contribution in [3.05, 3.63) is 75.5 Å². The summed E-state index contributed by atoms with van der Waals surface area (Å²) < 4.78 is 8.13. The fraction of sp³-hybridized carbons (Fsp3) is 0.105. The zero-order valence-corrected chi connectivity index (χ0v) is 16.8. The first-order valence-electron chi connectivity index (χ1n) is 8.19. The zero-order chi connectivity index (χ0) is 18.8. The van der Waals surface area contributed by atoms with Crippen molar-refractivity contribution in [1.82, 2.24) is 14.8 Å². The molecule has 6 nitrogen and oxygen atoms in total. The van der Waals surface area contributed by atoms with E-state index in [0.29, 0.717) is 28.8 Å². The molecule has 0 aliphatic rings. The van der Waals surface area contributed by atoms with E-state index in [-0.39, 0.29) is 5.91 Å². The summed E-state index contributed by atoms with van der Waals surface area (Å²) in [5.41, 5.74) is 1.48. The van der Waals surface area contributed by atoms with Gasteiger partial charge in [0, 0.05) is 15.4 Å². The van der Waals surface area contributed by atoms with Crippen LogP contribution in [0.4, 0.5) is 5.82 Å². The molecule has 0 unspecified atom stereocenters. The Hall–Kier alpha value is -2.71. The van der Waals surface area contributed by atoms with E-state index in [1.807, 2.05) is 37.3 Å². The van der Waals surface area contributed by atoms with E-state index in [2.05, 4.69) is 31.3 Å². The van der Waals surface area contributed by atoms with Crippen LogP contribution in [0.25, 0.3) is 10.8 Å². The molecule has 4 aromatic rings. The molecule has 0 saturated heterocycles. The number of aryl methyl sites for hydroxylation is 1. The van der Waals surface area contributed by atoms with Gasteiger partial charge in [0.05, 0.1) is 19.0 Å². The minimum atomic E-state index is -0.265. The van der Waals surface area contributed by atoms with Gasteiger partial charge in [-0.25, -0.2) is 9.67 Å². The van der Waals surface area contributed by atoms with Crippen molar-refractivity contribution in [2.75, 3.05) is 5.32 Å². The number of nitrogens with zero attached hydrogens (tertiary/aromatic N) is 3. The molecule has 136 valence electrons. The van der Waals surface area contributed by atoms with Crippen molar-refractivity contribution < 1.29 is 9.21 Å². The van der Waals surface area contributed by atoms with Gasteiger partial charge in [0.25, 0.3) is 5.91 Å². The number of aromatic nitrogens is 3. The largest absolute Gasteiger partial charge is 0.462 e. The number of halogens is 1. The Labute approximate surface area is 168 Å². The second-order valence-corrected chi connectivity index (χ2v) is 7.97. The Bertz CT molecular complexity index is 1070. The molecule has 4 rings (SSSR count). The van der Waals surface area contributed by atoms with Crippen LogP contribution in [0.3, 0.4) is 0 Å². The van der Waals surface area contributed by atoms with E-state index in [0.717, 1.165) is 14.9 Å². The molecule has 1 N–H and O–H groups in total. The molecule has 0 radical (unpaired) electrons. The average Bonchev–Trinajstić information content (AvgIpc) is 3.38. The number of rotatable bonds is 5. The molecule has 8 heteroatoms. The number of nitrogens with one attached hydrogen (secondary N) is 1. The maximum absolute atomic E-state index is 12.7. The van der Waals surface area contributed by atoms with E-state index in [1.54, 1.807) is 29.3 Å². The lowest BCUT2D eigenvalue weighted by Crippen LogP contribution is -2.17. The van der Waals surface area contributed by atoms with Crippen molar-refractivity contribution in [3.8, 4) is 10.8 Å². The van der Waals surface area contributed by atoms with Gasteiger partial charge in [-0.2, -0.15) is 5.10 Å². The predicted octanol–water partition coefficient (Wildman–Crippen LogP) is 4.97. The Morgan fingerprint density at radius 2 is 2.07 bits per heavy atom. The van der Waals surface area contributed by atoms with E-state index in [4.69, 9.17) is 4.42 Å². The summed E-state index contributed by atoms with van der Waals surface area (Å²) in [5.74, 6) is 1.01. The number of anilines is 1. The summed E-state index contributed by atoms with van der Waals surface area (Å²) >= 11 is 4.86. The van der Waals surface area contributed by atoms with Crippen LogP contribution in [0.2, 0.25) is 0 Å². The molecule has 3 heterocycles. The lowest BCUT2D eigenvalue weighted by atomic mass is 10.2. The SMILES string of the molecule is Cc1sc(-c2ccco2)nc1C(=O)Nc1ccnn1Cc1ccc(Br)cc1. The molecule has 0 fully saturated rings. The highest BCUT2D eigenvalue weighted by Crippen LogP contribution is 2.28. The van der Waals surface area contributed by atoms with Gasteiger partial charge in [-0.3, -0.25) is 4.79 Å². The first-order chi connectivity index (χ1) is 13.1. The summed E-state index contributed by atoms with van der Waals surface area (Å²) in [6.07, 6.45) is 3.25. The Morgan fingerprint density at radius 1 is 1.26 bits per heavy atom. The number of thiazole rings is 1. The number of furan rings is 1. The molecule has 1 aromatic carbocycles. The third-order valence-electron chi connectivity index (χ3n) is 3.95. The number of hydrogen-bond acceptors (Lipinski definition) is 5. The summed E-state index contributed by atoms with van der Waals surface area (Å²) in [5, 5.41) is 7.90. The van der Waals surface area contributed by atoms with E-state index >= 15 is 0 Å². The highest BCUT2D eigenvalue weighted by Gasteiger charge is 2.19. The van der Waals surface area contributed by atoms with Crippen LogP contribution >= 0.6 is 27.3 Å². The first kappa shape index (κ1) is 17.7. The number of benzene rings is 1. The van der Waals surface area contributed by atoms with E-state index in [1.165, 1.54) is 11.3 Å². The van der Waals surface area contributed by atoms with Gasteiger partial charge < -0.3 is 9.73 Å². The van der Waals surface area contributed by atoms with Crippen LogP contribution in [-0.4, -0.2) is 20.7 Å². The molecule has 0 saturated carbocycles. The van der Waals surface area contributed by atoms with Gasteiger partial charge in [0.15, 0.2) is 10.8 Å². The minimum absolute atomic E-state index is 0.265. The predicted molar refractivity (Wildman–Crippen MR) is 108 cm³/mol. The van der Waals surface area contributed by atoms with Gasteiger partial charge in [0.1, 0.15) is 11.5 Å². The molecule has 0 aliphatic heterocycles. The van der Waals surface area contributed by atoms with Crippen molar-refractivity contribution in [2.24, 2.45) is 0 Å². The third-order valence-corrected chi connectivity index (χ3v) is 5.46. The highest BCUT2D eigenvalue weighted by molar-refractivity contribution is 9.10. The van der Waals surface area contributed by atoms with Gasteiger partial charge in [-0.05, 0) is 36.8 Å². The molecule has 3 aromatic heterocycles. The number of amides is 1. The van der Waals surface area contributed by atoms with Crippen LogP contribution in [0.1, 0.15) is 20.9 Å². The van der Waals surface area contributed by atoms with Crippen LogP contribution < -0.4 is 5.32 Å². The fourth-order valence-electron chi connectivity index (χ4n) is 2.62. The van der Waals surface area contributed by atoms with Crippen LogP contribution in [0, 0.1) is 6.92 Å². The Kier molecular flexibility index (Phi) is 4.91. The van der Waals surface area contributed by atoms with Crippen LogP contribution in [-0.2, 0) is 6.54 Å². The number of hydrogen-bond donors (Lipinski definition) is 1. The Morgan fingerprint density at radius 3 is 2.81 bits per heavy atom.